The molecular weight excluding hydrogens is 542 g/mol. The van der Waals surface area contributed by atoms with Crippen LogP contribution in [0.1, 0.15) is 17.5 Å². The van der Waals surface area contributed by atoms with Crippen molar-refractivity contribution in [2.24, 2.45) is 22.6 Å². The lowest BCUT2D eigenvalue weighted by molar-refractivity contribution is -0.139. The molecule has 12 nitrogen and oxygen atoms in total. The summed E-state index contributed by atoms with van der Waals surface area (Å²) in [6.07, 6.45) is -0.631. The first-order valence-electron chi connectivity index (χ1n) is 13.0. The van der Waals surface area contributed by atoms with E-state index in [1.54, 1.807) is 24.3 Å². The molecule has 3 aliphatic carbocycles. The van der Waals surface area contributed by atoms with Gasteiger partial charge in [0.25, 0.3) is 5.91 Å². The molecule has 12 heteroatoms. The number of phenolic OH excluding ortho intramolecular Hbond substituents is 1. The van der Waals surface area contributed by atoms with Gasteiger partial charge in [0.2, 0.25) is 0 Å². The van der Waals surface area contributed by atoms with Crippen molar-refractivity contribution in [1.82, 2.24) is 4.90 Å². The Morgan fingerprint density at radius 2 is 1.81 bits per heavy atom. The molecule has 1 fully saturated rings. The third-order valence-corrected chi connectivity index (χ3v) is 8.82. The fraction of sp³-hybridized carbons (Fsp3) is 0.267. The van der Waals surface area contributed by atoms with Gasteiger partial charge in [0.15, 0.2) is 17.0 Å². The molecular formula is C30H27N5O7. The van der Waals surface area contributed by atoms with Crippen molar-refractivity contribution in [3.63, 3.8) is 0 Å². The molecule has 3 aliphatic rings. The van der Waals surface area contributed by atoms with Gasteiger partial charge < -0.3 is 36.9 Å². The smallest absolute Gasteiger partial charge is 0.255 e. The molecule has 0 spiro atoms. The maximum absolute atomic E-state index is 14.4. The molecule has 0 unspecified atom stereocenters. The van der Waals surface area contributed by atoms with Crippen LogP contribution in [0.15, 0.2) is 63.8 Å². The van der Waals surface area contributed by atoms with E-state index >= 15 is 0 Å². The number of phenols is 1. The molecule has 4 atom stereocenters. The van der Waals surface area contributed by atoms with Gasteiger partial charge in [-0.3, -0.25) is 19.3 Å². The van der Waals surface area contributed by atoms with Gasteiger partial charge in [-0.25, -0.2) is 0 Å². The molecule has 1 heterocycles. The van der Waals surface area contributed by atoms with Crippen molar-refractivity contribution < 1.29 is 34.1 Å². The first-order chi connectivity index (χ1) is 19.7. The van der Waals surface area contributed by atoms with Gasteiger partial charge in [-0.05, 0) is 56.8 Å². The van der Waals surface area contributed by atoms with Crippen LogP contribution in [-0.2, 0) is 20.8 Å². The second-order valence-electron chi connectivity index (χ2n) is 11.4. The molecule has 2 aromatic carbocycles. The van der Waals surface area contributed by atoms with Crippen LogP contribution in [0.5, 0.6) is 5.75 Å². The van der Waals surface area contributed by atoms with Crippen molar-refractivity contribution in [3.8, 4) is 23.1 Å². The summed E-state index contributed by atoms with van der Waals surface area (Å²) in [6.45, 7) is 0. The lowest BCUT2D eigenvalue weighted by atomic mass is 9.47. The highest BCUT2D eigenvalue weighted by molar-refractivity contribution is 6.25. The molecule has 0 aliphatic heterocycles. The number of ketones is 2. The summed E-state index contributed by atoms with van der Waals surface area (Å²) < 4.78 is 6.05. The van der Waals surface area contributed by atoms with E-state index in [2.05, 4.69) is 0 Å². The topological polar surface area (TPSA) is 230 Å². The Morgan fingerprint density at radius 3 is 2.43 bits per heavy atom. The second kappa shape index (κ2) is 8.53. The van der Waals surface area contributed by atoms with Crippen LogP contribution in [0.4, 0.5) is 0 Å². The molecule has 1 amide bonds. The number of Topliss-reactive ketones (excluding diaryl/α,β-unsaturated/α-hetero) is 2. The number of furan rings is 1. The normalized spacial score (nSPS) is 28.9. The van der Waals surface area contributed by atoms with Gasteiger partial charge in [0.1, 0.15) is 34.2 Å². The highest BCUT2D eigenvalue weighted by atomic mass is 16.3. The summed E-state index contributed by atoms with van der Waals surface area (Å²) in [4.78, 5) is 41.6. The minimum Gasteiger partial charge on any atom is -0.509 e. The fourth-order valence-electron chi connectivity index (χ4n) is 7.18. The zero-order chi connectivity index (χ0) is 30.5. The van der Waals surface area contributed by atoms with E-state index in [0.717, 1.165) is 5.39 Å². The van der Waals surface area contributed by atoms with E-state index in [0.29, 0.717) is 22.5 Å². The van der Waals surface area contributed by atoms with E-state index in [1.165, 1.54) is 25.1 Å². The molecule has 1 aromatic heterocycles. The lowest BCUT2D eigenvalue weighted by Gasteiger charge is -2.58. The van der Waals surface area contributed by atoms with E-state index in [-0.39, 0.29) is 17.7 Å². The van der Waals surface area contributed by atoms with E-state index in [4.69, 9.17) is 21.6 Å². The maximum Gasteiger partial charge on any atom is 0.255 e. The molecule has 0 saturated heterocycles. The van der Waals surface area contributed by atoms with Gasteiger partial charge in [0.05, 0.1) is 34.3 Å². The van der Waals surface area contributed by atoms with Gasteiger partial charge in [-0.15, -0.1) is 0 Å². The number of hydrogen-bond acceptors (Lipinski definition) is 11. The summed E-state index contributed by atoms with van der Waals surface area (Å²) in [5.74, 6) is -5.39. The number of carbonyl (C=O) groups excluding carboxylic acids is 3. The Morgan fingerprint density at radius 1 is 1.12 bits per heavy atom. The van der Waals surface area contributed by atoms with Crippen molar-refractivity contribution >= 4 is 34.2 Å². The van der Waals surface area contributed by atoms with E-state index in [9.17, 15) is 35.0 Å². The zero-order valence-corrected chi connectivity index (χ0v) is 22.6. The molecule has 3 aromatic rings. The molecule has 42 heavy (non-hydrogen) atoms. The Hall–Kier alpha value is -4.96. The SMILES string of the molecule is CN(C)[C@@H]1C(=O)C(C(N)=O)=C(O)[C@@]2(C#N)C(=O)C3=C(O)c4c(O)ccc(-c5cc6ccccc6o5)c4C[C@@]3(N)C[C@@]12N. The van der Waals surface area contributed by atoms with Crippen LogP contribution in [0.3, 0.4) is 0 Å². The van der Waals surface area contributed by atoms with Crippen LogP contribution in [0.25, 0.3) is 28.1 Å². The Balaban J connectivity index is 1.66. The number of likely N-dealkylation sites (N-methyl/N-ethyl adjacent to an activating group) is 1. The number of nitrogens with two attached hydrogens (primary N) is 3. The third-order valence-electron chi connectivity index (χ3n) is 8.82. The summed E-state index contributed by atoms with van der Waals surface area (Å²) in [5.41, 5.74) is 12.5. The molecule has 214 valence electrons. The van der Waals surface area contributed by atoms with Crippen LogP contribution >= 0.6 is 0 Å². The minimum atomic E-state index is -2.71. The second-order valence-corrected chi connectivity index (χ2v) is 11.4. The van der Waals surface area contributed by atoms with E-state index in [1.807, 2.05) is 18.2 Å². The number of carbonyl (C=O) groups is 3. The number of aliphatic hydroxyl groups is 2. The summed E-state index contributed by atoms with van der Waals surface area (Å²) >= 11 is 0. The quantitative estimate of drug-likeness (QED) is 0.246. The summed E-state index contributed by atoms with van der Waals surface area (Å²) in [5, 5.41) is 45.1. The Labute approximate surface area is 238 Å². The van der Waals surface area contributed by atoms with Gasteiger partial charge in [-0.2, -0.15) is 5.26 Å². The zero-order valence-electron chi connectivity index (χ0n) is 22.6. The number of nitriles is 1. The summed E-state index contributed by atoms with van der Waals surface area (Å²) in [6, 6.07) is 12.3. The largest absolute Gasteiger partial charge is 0.509 e. The number of amides is 1. The van der Waals surface area contributed by atoms with Crippen LogP contribution < -0.4 is 17.2 Å². The van der Waals surface area contributed by atoms with Crippen molar-refractivity contribution in [3.05, 3.63) is 70.5 Å². The van der Waals surface area contributed by atoms with Crippen LogP contribution in [0.2, 0.25) is 0 Å². The highest BCUT2D eigenvalue weighted by Crippen LogP contribution is 2.58. The monoisotopic (exact) mass is 569 g/mol. The standard InChI is InChI=1S/C30H27N5O7/c1-35(2)24-23(38)20(27(32)41)25(39)29(12-31)26(40)21-22(37)19-15(10-28(21,33)11-30(24,29)34)14(7-8-16(19)36)18-9-13-5-3-4-6-17(13)42-18/h3-9,24,36-37,39H,10-11,33-34H2,1-2H3,(H2,32,41)/t24-,28-,29+,30-/m1/s1. The first-order valence-corrected chi connectivity index (χ1v) is 13.0. The number of benzene rings is 2. The van der Waals surface area contributed by atoms with Crippen LogP contribution in [-0.4, -0.2) is 68.9 Å². The number of hydrogen-bond donors (Lipinski definition) is 6. The lowest BCUT2D eigenvalue weighted by Crippen LogP contribution is -2.80. The predicted molar refractivity (Wildman–Crippen MR) is 149 cm³/mol. The fourth-order valence-corrected chi connectivity index (χ4v) is 7.18. The predicted octanol–water partition coefficient (Wildman–Crippen LogP) is 1.32. The number of aromatic hydroxyl groups is 1. The number of para-hydroxylation sites is 1. The molecule has 1 saturated carbocycles. The minimum absolute atomic E-state index is 0.107. The number of fused-ring (bicyclic) bond motifs is 4. The van der Waals surface area contributed by atoms with Gasteiger partial charge in [-0.1, -0.05) is 18.2 Å². The molecule has 0 radical (unpaired) electrons. The number of rotatable bonds is 3. The highest BCUT2D eigenvalue weighted by Gasteiger charge is 2.74. The number of primary amides is 1. The molecule has 0 bridgehead atoms. The number of nitrogens with zero attached hydrogens (tertiary/aromatic N) is 2. The third kappa shape index (κ3) is 3.12. The Kier molecular flexibility index (Phi) is 5.53. The Bertz CT molecular complexity index is 1850. The molecule has 6 rings (SSSR count). The molecule has 9 N–H and O–H groups in total. The van der Waals surface area contributed by atoms with Crippen LogP contribution in [0, 0.1) is 16.7 Å². The average Bonchev–Trinajstić information content (AvgIpc) is 3.31. The van der Waals surface area contributed by atoms with Gasteiger partial charge >= 0.3 is 0 Å². The van der Waals surface area contributed by atoms with Gasteiger partial charge in [0, 0.05) is 10.9 Å². The first kappa shape index (κ1) is 27.2. The number of aliphatic hydroxyl groups excluding tert-OH is 2. The summed E-state index contributed by atoms with van der Waals surface area (Å²) in [7, 11) is 2.93. The van der Waals surface area contributed by atoms with Crippen molar-refractivity contribution in [2.45, 2.75) is 30.0 Å². The maximum atomic E-state index is 14.4. The van der Waals surface area contributed by atoms with Crippen molar-refractivity contribution in [1.29, 1.82) is 5.26 Å². The average molecular weight is 570 g/mol. The van der Waals surface area contributed by atoms with E-state index < -0.39 is 69.1 Å². The van der Waals surface area contributed by atoms with Crippen molar-refractivity contribution in [2.75, 3.05) is 14.1 Å².